The van der Waals surface area contributed by atoms with E-state index in [4.69, 9.17) is 4.74 Å². The lowest BCUT2D eigenvalue weighted by atomic mass is 9.84. The molecule has 0 radical (unpaired) electrons. The molecule has 4 aromatic carbocycles. The number of benzene rings is 4. The number of carbonyl (C=O) groups is 7. The zero-order chi connectivity index (χ0) is 57.3. The quantitative estimate of drug-likeness (QED) is 0.0692. The first-order valence-electron chi connectivity index (χ1n) is 27.8. The van der Waals surface area contributed by atoms with E-state index in [0.717, 1.165) is 41.5 Å². The number of nitrogens with zero attached hydrogens (tertiary/aromatic N) is 3. The Morgan fingerprint density at radius 3 is 1.87 bits per heavy atom. The summed E-state index contributed by atoms with van der Waals surface area (Å²) in [5.74, 6) is -2.63. The maximum atomic E-state index is 15.8. The third kappa shape index (κ3) is 14.3. The molecule has 1 unspecified atom stereocenters. The molecule has 0 bridgehead atoms. The van der Waals surface area contributed by atoms with Gasteiger partial charge in [-0.2, -0.15) is 0 Å². The van der Waals surface area contributed by atoms with Gasteiger partial charge in [-0.15, -0.1) is 0 Å². The van der Waals surface area contributed by atoms with E-state index in [1.54, 1.807) is 63.1 Å². The third-order valence-electron chi connectivity index (χ3n) is 15.9. The third-order valence-corrected chi connectivity index (χ3v) is 15.9. The van der Waals surface area contributed by atoms with Crippen LogP contribution in [-0.4, -0.2) is 133 Å². The Labute approximate surface area is 466 Å². The molecule has 2 heterocycles. The summed E-state index contributed by atoms with van der Waals surface area (Å²) in [4.78, 5) is 107. The summed E-state index contributed by atoms with van der Waals surface area (Å²) in [7, 11) is 4.91. The van der Waals surface area contributed by atoms with Crippen molar-refractivity contribution in [3.63, 3.8) is 0 Å². The van der Waals surface area contributed by atoms with Crippen molar-refractivity contribution in [1.29, 1.82) is 0 Å². The second-order valence-corrected chi connectivity index (χ2v) is 23.7. The number of nitrogens with one attached hydrogen (secondary N) is 6. The summed E-state index contributed by atoms with van der Waals surface area (Å²) in [6.07, 6.45) is 2.88. The maximum Gasteiger partial charge on any atom is 0.251 e. The van der Waals surface area contributed by atoms with Gasteiger partial charge >= 0.3 is 0 Å². The summed E-state index contributed by atoms with van der Waals surface area (Å²) >= 11 is 0. The second-order valence-electron chi connectivity index (χ2n) is 23.7. The van der Waals surface area contributed by atoms with Crippen molar-refractivity contribution >= 4 is 41.4 Å². The van der Waals surface area contributed by atoms with E-state index in [1.807, 2.05) is 120 Å². The Morgan fingerprint density at radius 2 is 1.27 bits per heavy atom. The highest BCUT2D eigenvalue weighted by Gasteiger charge is 2.47. The van der Waals surface area contributed by atoms with Gasteiger partial charge in [-0.3, -0.25) is 33.6 Å². The molecule has 7 rings (SSSR count). The van der Waals surface area contributed by atoms with Crippen molar-refractivity contribution in [1.82, 2.24) is 46.6 Å². The normalized spacial score (nSPS) is 20.0. The summed E-state index contributed by atoms with van der Waals surface area (Å²) in [5.41, 5.74) is 4.31. The Bertz CT molecular complexity index is 2830. The first-order chi connectivity index (χ1) is 37.5. The maximum absolute atomic E-state index is 15.8. The standard InChI is InChI=1S/C62H83N9O8/c1-38(63-9)54(72)67-52(61(3,4)5)59(77)70-35-45-26-16-15-25-43(45)32-50(70)58(76)69(51(37-79-11)42-23-13-12-14-24-42)34-40-21-19-28-44(31-40)56(74)65-46-33-49(57(75)66-48-30-20-27-41-22-17-18-29-47(41)48)71(36-46)60(78)53(62(6,7)8)68-55(73)39(2)64-10/h12-19,21-26,28-29,31,38-39,46,48-53,63-64H,20,27,30,32-37H2,1-11H3,(H,65,74)(H,66,75)(H,67,72)(H,68,73)/t38-,39-,46-,48+,49-,50-,51-,52?,53+/m0/s1. The van der Waals surface area contributed by atoms with Crippen LogP contribution >= 0.6 is 0 Å². The van der Waals surface area contributed by atoms with Crippen LogP contribution in [0.1, 0.15) is 130 Å². The minimum Gasteiger partial charge on any atom is -0.382 e. The Morgan fingerprint density at radius 1 is 0.684 bits per heavy atom. The number of fused-ring (bicyclic) bond motifs is 2. The average Bonchev–Trinajstić information content (AvgIpc) is 4.00. The van der Waals surface area contributed by atoms with Crippen LogP contribution in [0.3, 0.4) is 0 Å². The predicted molar refractivity (Wildman–Crippen MR) is 304 cm³/mol. The molecule has 1 saturated heterocycles. The fraction of sp³-hybridized carbons (Fsp3) is 0.500. The van der Waals surface area contributed by atoms with Crippen molar-refractivity contribution < 1.29 is 38.3 Å². The van der Waals surface area contributed by atoms with Crippen LogP contribution < -0.4 is 31.9 Å². The molecular formula is C62H83N9O8. The molecule has 17 nitrogen and oxygen atoms in total. The van der Waals surface area contributed by atoms with Crippen molar-refractivity contribution in [2.75, 3.05) is 34.4 Å². The van der Waals surface area contributed by atoms with Crippen LogP contribution in [0.5, 0.6) is 0 Å². The summed E-state index contributed by atoms with van der Waals surface area (Å²) in [6.45, 7) is 15.0. The predicted octanol–water partition coefficient (Wildman–Crippen LogP) is 5.53. The molecule has 79 heavy (non-hydrogen) atoms. The molecule has 6 N–H and O–H groups in total. The number of carbonyl (C=O) groups excluding carboxylic acids is 7. The number of hydrogen-bond acceptors (Lipinski definition) is 10. The van der Waals surface area contributed by atoms with Gasteiger partial charge in [0.2, 0.25) is 35.4 Å². The van der Waals surface area contributed by atoms with E-state index in [2.05, 4.69) is 38.0 Å². The van der Waals surface area contributed by atoms with Gasteiger partial charge in [-0.1, -0.05) is 133 Å². The minimum atomic E-state index is -0.988. The fourth-order valence-corrected chi connectivity index (χ4v) is 11.0. The summed E-state index contributed by atoms with van der Waals surface area (Å²) in [5, 5.41) is 18.2. The van der Waals surface area contributed by atoms with Crippen molar-refractivity contribution in [2.24, 2.45) is 10.8 Å². The van der Waals surface area contributed by atoms with Gasteiger partial charge in [0.1, 0.15) is 24.2 Å². The number of rotatable bonds is 19. The highest BCUT2D eigenvalue weighted by Crippen LogP contribution is 2.34. The molecule has 17 heteroatoms. The highest BCUT2D eigenvalue weighted by molar-refractivity contribution is 5.97. The molecule has 9 atom stereocenters. The molecule has 1 fully saturated rings. The number of amides is 7. The number of ether oxygens (including phenoxy) is 1. The summed E-state index contributed by atoms with van der Waals surface area (Å²) in [6, 6.07) is 25.8. The first kappa shape index (κ1) is 59.7. The number of likely N-dealkylation sites (N-methyl/N-ethyl adjacent to an activating group) is 2. The van der Waals surface area contributed by atoms with Gasteiger partial charge in [0.05, 0.1) is 30.8 Å². The fourth-order valence-electron chi connectivity index (χ4n) is 11.0. The van der Waals surface area contributed by atoms with Crippen LogP contribution in [0.4, 0.5) is 0 Å². The van der Waals surface area contributed by atoms with Gasteiger partial charge in [-0.25, -0.2) is 0 Å². The molecule has 7 amide bonds. The Balaban J connectivity index is 1.19. The van der Waals surface area contributed by atoms with E-state index in [0.29, 0.717) is 11.1 Å². The van der Waals surface area contributed by atoms with E-state index in [-0.39, 0.29) is 74.7 Å². The van der Waals surface area contributed by atoms with E-state index in [1.165, 1.54) is 10.5 Å². The lowest BCUT2D eigenvalue weighted by molar-refractivity contribution is -0.153. The SMILES string of the molecule is CN[C@@H](C)C(=O)NC(C(=O)N1Cc2ccccc2C[C@H]1C(=O)N(Cc1cccc(C(=O)N[C@H]2C[C@@H](C(=O)N[C@@H]3CCCc4ccccc43)N(C(=O)[C@@H](NC(=O)[C@H](C)NC)C(C)(C)C)C2)c1)[C@@H](COC)c1ccccc1)C(C)(C)C. The van der Waals surface area contributed by atoms with Gasteiger partial charge < -0.3 is 51.3 Å². The van der Waals surface area contributed by atoms with Crippen LogP contribution in [0.25, 0.3) is 0 Å². The monoisotopic (exact) mass is 1080 g/mol. The number of likely N-dealkylation sites (tertiary alicyclic amines) is 1. The molecule has 4 aromatic rings. The number of hydrogen-bond donors (Lipinski definition) is 6. The molecule has 0 saturated carbocycles. The van der Waals surface area contributed by atoms with Gasteiger partial charge in [0.15, 0.2) is 0 Å². The number of aryl methyl sites for hydroxylation is 1. The molecule has 0 spiro atoms. The lowest BCUT2D eigenvalue weighted by Gasteiger charge is -2.44. The Hall–Kier alpha value is -6.95. The average molecular weight is 1080 g/mol. The molecular weight excluding hydrogens is 999 g/mol. The molecule has 0 aromatic heterocycles. The smallest absolute Gasteiger partial charge is 0.251 e. The minimum absolute atomic E-state index is 0.0136. The van der Waals surface area contributed by atoms with Gasteiger partial charge in [0.25, 0.3) is 5.91 Å². The highest BCUT2D eigenvalue weighted by atomic mass is 16.5. The van der Waals surface area contributed by atoms with E-state index < -0.39 is 71.0 Å². The molecule has 1 aliphatic carbocycles. The van der Waals surface area contributed by atoms with Gasteiger partial charge in [-0.05, 0) is 110 Å². The zero-order valence-electron chi connectivity index (χ0n) is 48.0. The molecule has 2 aliphatic heterocycles. The first-order valence-corrected chi connectivity index (χ1v) is 27.8. The van der Waals surface area contributed by atoms with Crippen LogP contribution in [0.2, 0.25) is 0 Å². The van der Waals surface area contributed by atoms with Crippen molar-refractivity contribution in [2.45, 2.75) is 155 Å². The largest absolute Gasteiger partial charge is 0.382 e. The van der Waals surface area contributed by atoms with E-state index >= 15 is 9.59 Å². The van der Waals surface area contributed by atoms with E-state index in [9.17, 15) is 24.0 Å². The van der Waals surface area contributed by atoms with Crippen molar-refractivity contribution in [3.05, 3.63) is 142 Å². The van der Waals surface area contributed by atoms with Crippen molar-refractivity contribution in [3.8, 4) is 0 Å². The summed E-state index contributed by atoms with van der Waals surface area (Å²) < 4.78 is 5.85. The lowest BCUT2D eigenvalue weighted by Crippen LogP contribution is -2.62. The second kappa shape index (κ2) is 25.9. The topological polar surface area (TPSA) is 211 Å². The molecule has 3 aliphatic rings. The molecule has 424 valence electrons. The van der Waals surface area contributed by atoms with Crippen LogP contribution in [0, 0.1) is 10.8 Å². The van der Waals surface area contributed by atoms with Crippen LogP contribution in [-0.2, 0) is 59.4 Å². The Kier molecular flexibility index (Phi) is 19.6. The zero-order valence-corrected chi connectivity index (χ0v) is 48.0. The number of methoxy groups -OCH3 is 1. The van der Waals surface area contributed by atoms with Crippen LogP contribution in [0.15, 0.2) is 103 Å². The van der Waals surface area contributed by atoms with Gasteiger partial charge in [0, 0.05) is 44.8 Å².